The molecule has 0 bridgehead atoms. The van der Waals surface area contributed by atoms with Crippen LogP contribution in [0.5, 0.6) is 0 Å². The highest BCUT2D eigenvalue weighted by atomic mass is 19.4. The van der Waals surface area contributed by atoms with Gasteiger partial charge in [-0.1, -0.05) is 43.9 Å². The number of nitrogens with one attached hydrogen (secondary N) is 2. The van der Waals surface area contributed by atoms with E-state index in [1.54, 1.807) is 6.07 Å². The molecule has 0 atom stereocenters. The third-order valence-corrected chi connectivity index (χ3v) is 6.57. The van der Waals surface area contributed by atoms with Crippen LogP contribution in [0.4, 0.5) is 35.1 Å². The van der Waals surface area contributed by atoms with Gasteiger partial charge in [0.15, 0.2) is 5.65 Å². The van der Waals surface area contributed by atoms with Crippen molar-refractivity contribution < 1.29 is 44.7 Å². The van der Waals surface area contributed by atoms with E-state index >= 15 is 0 Å². The summed E-state index contributed by atoms with van der Waals surface area (Å²) in [7, 11) is 0. The van der Waals surface area contributed by atoms with Gasteiger partial charge in [0, 0.05) is 31.4 Å². The highest BCUT2D eigenvalue weighted by Gasteiger charge is 2.31. The Balaban J connectivity index is 0.000000418. The minimum Gasteiger partial charge on any atom is -0.352 e. The van der Waals surface area contributed by atoms with Crippen molar-refractivity contribution in [1.82, 2.24) is 25.2 Å². The fourth-order valence-electron chi connectivity index (χ4n) is 4.14. The number of hydrogen-bond acceptors (Lipinski definition) is 4. The van der Waals surface area contributed by atoms with Crippen molar-refractivity contribution in [3.63, 3.8) is 0 Å². The van der Waals surface area contributed by atoms with Crippen LogP contribution in [0.3, 0.4) is 0 Å². The van der Waals surface area contributed by atoms with E-state index in [-0.39, 0.29) is 37.1 Å². The molecule has 2 heterocycles. The van der Waals surface area contributed by atoms with Crippen LogP contribution < -0.4 is 10.6 Å². The SMILES string of the molecule is C1CC1.FC1(F)CCCCC1.O=C(CCC(F)(F)F)NCc1cnn2cc(CNC(=O)c3ccccc3CC(F)(F)F)nc2c1. The van der Waals surface area contributed by atoms with Crippen LogP contribution in [0.2, 0.25) is 0 Å². The molecule has 0 spiro atoms. The van der Waals surface area contributed by atoms with Crippen LogP contribution in [0.15, 0.2) is 42.7 Å². The van der Waals surface area contributed by atoms with Crippen molar-refractivity contribution >= 4 is 17.5 Å². The van der Waals surface area contributed by atoms with Gasteiger partial charge in [-0.05, 0) is 36.1 Å². The number of fused-ring (bicyclic) bond motifs is 1. The molecule has 2 aromatic heterocycles. The Morgan fingerprint density at radius 1 is 0.867 bits per heavy atom. The van der Waals surface area contributed by atoms with Gasteiger partial charge in [-0.15, -0.1) is 0 Å². The first-order valence-corrected chi connectivity index (χ1v) is 14.6. The number of carbonyl (C=O) groups is 2. The maximum atomic E-state index is 12.8. The average molecular weight is 650 g/mol. The molecule has 0 aliphatic heterocycles. The first kappa shape index (κ1) is 35.7. The molecule has 248 valence electrons. The van der Waals surface area contributed by atoms with Gasteiger partial charge in [-0.2, -0.15) is 31.4 Å². The van der Waals surface area contributed by atoms with Crippen LogP contribution in [0.1, 0.15) is 91.4 Å². The molecule has 1 aromatic carbocycles. The smallest absolute Gasteiger partial charge is 0.352 e. The number of carbonyl (C=O) groups excluding carboxylic acids is 2. The largest absolute Gasteiger partial charge is 0.393 e. The first-order valence-electron chi connectivity index (χ1n) is 14.6. The molecule has 0 radical (unpaired) electrons. The summed E-state index contributed by atoms with van der Waals surface area (Å²) in [5, 5.41) is 8.98. The summed E-state index contributed by atoms with van der Waals surface area (Å²) in [6, 6.07) is 6.98. The quantitative estimate of drug-likeness (QED) is 0.248. The fraction of sp³-hybridized carbons (Fsp3) is 0.533. The molecule has 0 unspecified atom stereocenters. The average Bonchev–Trinajstić information content (AvgIpc) is 3.79. The van der Waals surface area contributed by atoms with Crippen LogP contribution in [0.25, 0.3) is 5.65 Å². The van der Waals surface area contributed by atoms with Gasteiger partial charge in [-0.3, -0.25) is 9.59 Å². The summed E-state index contributed by atoms with van der Waals surface area (Å²) in [5.41, 5.74) is 0.982. The zero-order valence-electron chi connectivity index (χ0n) is 24.4. The Bertz CT molecular complexity index is 1390. The number of imidazole rings is 1. The summed E-state index contributed by atoms with van der Waals surface area (Å²) in [6.45, 7) is -0.124. The first-order chi connectivity index (χ1) is 21.1. The lowest BCUT2D eigenvalue weighted by molar-refractivity contribution is -0.144. The van der Waals surface area contributed by atoms with Gasteiger partial charge in [0.2, 0.25) is 11.8 Å². The summed E-state index contributed by atoms with van der Waals surface area (Å²) in [5.74, 6) is -3.76. The van der Waals surface area contributed by atoms with Crippen molar-refractivity contribution in [2.75, 3.05) is 0 Å². The molecule has 7 nitrogen and oxygen atoms in total. The van der Waals surface area contributed by atoms with Crippen LogP contribution in [0, 0.1) is 0 Å². The van der Waals surface area contributed by atoms with Crippen LogP contribution in [-0.4, -0.2) is 44.7 Å². The number of hydrogen-bond donors (Lipinski definition) is 2. The minimum absolute atomic E-state index is 0.0465. The molecule has 15 heteroatoms. The predicted molar refractivity (Wildman–Crippen MR) is 149 cm³/mol. The molecule has 2 saturated carbocycles. The lowest BCUT2D eigenvalue weighted by Gasteiger charge is -2.20. The molecule has 2 N–H and O–H groups in total. The van der Waals surface area contributed by atoms with Crippen molar-refractivity contribution in [2.24, 2.45) is 0 Å². The number of aromatic nitrogens is 3. The van der Waals surface area contributed by atoms with Gasteiger partial charge >= 0.3 is 12.4 Å². The molecule has 2 fully saturated rings. The monoisotopic (exact) mass is 649 g/mol. The number of nitrogens with zero attached hydrogens (tertiary/aromatic N) is 3. The summed E-state index contributed by atoms with van der Waals surface area (Å²) in [6.07, 6.45) is -1.94. The third kappa shape index (κ3) is 14.2. The number of alkyl halides is 8. The van der Waals surface area contributed by atoms with E-state index in [1.807, 2.05) is 0 Å². The molecule has 2 amide bonds. The van der Waals surface area contributed by atoms with Crippen LogP contribution in [-0.2, 0) is 24.3 Å². The Kier molecular flexibility index (Phi) is 12.7. The summed E-state index contributed by atoms with van der Waals surface area (Å²) < 4.78 is 101. The lowest BCUT2D eigenvalue weighted by Crippen LogP contribution is -2.25. The van der Waals surface area contributed by atoms with Crippen molar-refractivity contribution in [2.45, 2.75) is 102 Å². The van der Waals surface area contributed by atoms with Crippen LogP contribution >= 0.6 is 0 Å². The number of rotatable bonds is 8. The van der Waals surface area contributed by atoms with E-state index in [4.69, 9.17) is 0 Å². The maximum absolute atomic E-state index is 12.8. The second-order valence-electron chi connectivity index (χ2n) is 10.9. The van der Waals surface area contributed by atoms with E-state index in [0.717, 1.165) is 6.42 Å². The number of benzene rings is 1. The lowest BCUT2D eigenvalue weighted by atomic mass is 9.97. The van der Waals surface area contributed by atoms with Gasteiger partial charge in [0.05, 0.1) is 37.5 Å². The van der Waals surface area contributed by atoms with Gasteiger partial charge in [0.1, 0.15) is 0 Å². The van der Waals surface area contributed by atoms with Crippen molar-refractivity contribution in [3.8, 4) is 0 Å². The zero-order valence-corrected chi connectivity index (χ0v) is 24.4. The highest BCUT2D eigenvalue weighted by molar-refractivity contribution is 5.95. The Morgan fingerprint density at radius 3 is 2.09 bits per heavy atom. The minimum atomic E-state index is -4.46. The normalized spacial score (nSPS) is 15.6. The molecule has 45 heavy (non-hydrogen) atoms. The number of halogens is 8. The predicted octanol–water partition coefficient (Wildman–Crippen LogP) is 7.48. The number of amides is 2. The van der Waals surface area contributed by atoms with Crippen molar-refractivity contribution in [1.29, 1.82) is 0 Å². The molecule has 3 aromatic rings. The van der Waals surface area contributed by atoms with Crippen molar-refractivity contribution in [3.05, 3.63) is 65.1 Å². The molecule has 0 saturated heterocycles. The molecule has 5 rings (SSSR count). The Labute approximate surface area is 254 Å². The van der Waals surface area contributed by atoms with Gasteiger partial charge < -0.3 is 10.6 Å². The van der Waals surface area contributed by atoms with E-state index < -0.39 is 49.4 Å². The second-order valence-corrected chi connectivity index (χ2v) is 10.9. The third-order valence-electron chi connectivity index (χ3n) is 6.57. The highest BCUT2D eigenvalue weighted by Crippen LogP contribution is 2.32. The summed E-state index contributed by atoms with van der Waals surface area (Å²) in [4.78, 5) is 28.2. The molecule has 2 aliphatic carbocycles. The van der Waals surface area contributed by atoms with E-state index in [9.17, 15) is 44.7 Å². The standard InChI is InChI=1S/C21H19F6N5O2.C6H10F2.C3H6/c22-20(23,24)6-5-18(33)28-9-13-7-17-31-15(12-32(17)30-10-13)11-29-19(34)16-4-2-1-3-14(16)8-21(25,26)27;7-6(8)4-2-1-3-5-6;1-2-3-1/h1-4,7,10,12H,5-6,8-9,11H2,(H,28,33)(H,29,34);1-5H2;1-3H2. The van der Waals surface area contributed by atoms with Gasteiger partial charge in [-0.25, -0.2) is 18.3 Å². The fourth-order valence-corrected chi connectivity index (χ4v) is 4.14. The molecule has 2 aliphatic rings. The Hall–Kier alpha value is -3.78. The van der Waals surface area contributed by atoms with E-state index in [1.165, 1.54) is 60.4 Å². The second kappa shape index (κ2) is 16.0. The topological polar surface area (TPSA) is 88.4 Å². The Morgan fingerprint density at radius 2 is 1.51 bits per heavy atom. The van der Waals surface area contributed by atoms with E-state index in [0.29, 0.717) is 29.7 Å². The molecular formula is C30H35F8N5O2. The maximum Gasteiger partial charge on any atom is 0.393 e. The van der Waals surface area contributed by atoms with E-state index in [2.05, 4.69) is 20.7 Å². The van der Waals surface area contributed by atoms with Gasteiger partial charge in [0.25, 0.3) is 5.91 Å². The summed E-state index contributed by atoms with van der Waals surface area (Å²) >= 11 is 0. The zero-order chi connectivity index (χ0) is 33.1. The molecular weight excluding hydrogens is 614 g/mol.